The maximum absolute atomic E-state index is 10.5. The van der Waals surface area contributed by atoms with E-state index in [1.165, 1.54) is 13.0 Å². The molecule has 0 amide bonds. The lowest BCUT2D eigenvalue weighted by Crippen LogP contribution is -1.95. The van der Waals surface area contributed by atoms with Crippen molar-refractivity contribution in [3.8, 4) is 5.75 Å². The SMILES string of the molecule is CCCOc1cccc(/C=C(\C)[N+](=O)[O-])c1. The van der Waals surface area contributed by atoms with Gasteiger partial charge >= 0.3 is 0 Å². The Kier molecular flexibility index (Phi) is 4.51. The first kappa shape index (κ1) is 12.2. The number of nitrogens with zero attached hydrogens (tertiary/aromatic N) is 1. The Morgan fingerprint density at radius 1 is 1.56 bits per heavy atom. The Morgan fingerprint density at radius 3 is 2.94 bits per heavy atom. The zero-order valence-corrected chi connectivity index (χ0v) is 9.47. The van der Waals surface area contributed by atoms with E-state index in [0.29, 0.717) is 6.61 Å². The van der Waals surface area contributed by atoms with Crippen LogP contribution in [0.25, 0.3) is 6.08 Å². The van der Waals surface area contributed by atoms with E-state index in [1.807, 2.05) is 25.1 Å². The van der Waals surface area contributed by atoms with Gasteiger partial charge in [0, 0.05) is 13.0 Å². The van der Waals surface area contributed by atoms with Crippen molar-refractivity contribution in [2.24, 2.45) is 0 Å². The highest BCUT2D eigenvalue weighted by Gasteiger charge is 2.02. The number of benzene rings is 1. The Labute approximate surface area is 94.7 Å². The van der Waals surface area contributed by atoms with Crippen molar-refractivity contribution in [3.05, 3.63) is 45.6 Å². The number of ether oxygens (including phenoxy) is 1. The van der Waals surface area contributed by atoms with Crippen molar-refractivity contribution in [2.45, 2.75) is 20.3 Å². The Morgan fingerprint density at radius 2 is 2.31 bits per heavy atom. The number of allylic oxidation sites excluding steroid dienone is 1. The molecule has 0 saturated carbocycles. The van der Waals surface area contributed by atoms with Gasteiger partial charge in [0.15, 0.2) is 0 Å². The van der Waals surface area contributed by atoms with E-state index in [4.69, 9.17) is 4.74 Å². The van der Waals surface area contributed by atoms with E-state index >= 15 is 0 Å². The van der Waals surface area contributed by atoms with Crippen LogP contribution in [0.2, 0.25) is 0 Å². The van der Waals surface area contributed by atoms with Gasteiger partial charge in [0.1, 0.15) is 5.75 Å². The van der Waals surface area contributed by atoms with E-state index in [1.54, 1.807) is 6.07 Å². The summed E-state index contributed by atoms with van der Waals surface area (Å²) in [5, 5.41) is 10.5. The zero-order valence-electron chi connectivity index (χ0n) is 9.47. The second-order valence-corrected chi connectivity index (χ2v) is 3.46. The molecular formula is C12H15NO3. The van der Waals surface area contributed by atoms with Crippen molar-refractivity contribution in [1.29, 1.82) is 0 Å². The first-order chi connectivity index (χ1) is 7.63. The first-order valence-corrected chi connectivity index (χ1v) is 5.19. The molecule has 0 saturated heterocycles. The minimum Gasteiger partial charge on any atom is -0.494 e. The minimum absolute atomic E-state index is 0.118. The monoisotopic (exact) mass is 221 g/mol. The van der Waals surface area contributed by atoms with Crippen molar-refractivity contribution < 1.29 is 9.66 Å². The van der Waals surface area contributed by atoms with Crippen LogP contribution in [0.15, 0.2) is 30.0 Å². The van der Waals surface area contributed by atoms with Gasteiger partial charge in [-0.2, -0.15) is 0 Å². The van der Waals surface area contributed by atoms with E-state index in [0.717, 1.165) is 17.7 Å². The van der Waals surface area contributed by atoms with Gasteiger partial charge in [-0.05, 0) is 24.1 Å². The predicted octanol–water partition coefficient (Wildman–Crippen LogP) is 3.11. The van der Waals surface area contributed by atoms with E-state index in [2.05, 4.69) is 0 Å². The van der Waals surface area contributed by atoms with Gasteiger partial charge in [0.2, 0.25) is 5.70 Å². The van der Waals surface area contributed by atoms with Crippen molar-refractivity contribution in [2.75, 3.05) is 6.61 Å². The minimum atomic E-state index is -0.403. The molecule has 16 heavy (non-hydrogen) atoms. The lowest BCUT2D eigenvalue weighted by atomic mass is 10.2. The summed E-state index contributed by atoms with van der Waals surface area (Å²) in [5.74, 6) is 0.742. The molecule has 0 atom stereocenters. The summed E-state index contributed by atoms with van der Waals surface area (Å²) in [6, 6.07) is 7.27. The van der Waals surface area contributed by atoms with Gasteiger partial charge in [-0.15, -0.1) is 0 Å². The molecule has 0 aromatic heterocycles. The van der Waals surface area contributed by atoms with E-state index in [9.17, 15) is 10.1 Å². The molecule has 1 rings (SSSR count). The molecule has 0 unspecified atom stereocenters. The predicted molar refractivity (Wildman–Crippen MR) is 62.9 cm³/mol. The van der Waals surface area contributed by atoms with Crippen LogP contribution in [0.5, 0.6) is 5.75 Å². The maximum atomic E-state index is 10.5. The molecule has 0 fully saturated rings. The molecule has 0 heterocycles. The number of nitro groups is 1. The molecule has 1 aromatic rings. The van der Waals surface area contributed by atoms with Gasteiger partial charge in [-0.1, -0.05) is 19.1 Å². The van der Waals surface area contributed by atoms with Gasteiger partial charge in [-0.25, -0.2) is 0 Å². The topological polar surface area (TPSA) is 52.4 Å². The van der Waals surface area contributed by atoms with Gasteiger partial charge < -0.3 is 4.74 Å². The lowest BCUT2D eigenvalue weighted by Gasteiger charge is -2.04. The summed E-state index contributed by atoms with van der Waals surface area (Å²) in [6.07, 6.45) is 2.47. The molecule has 0 radical (unpaired) electrons. The Bertz CT molecular complexity index is 399. The highest BCUT2D eigenvalue weighted by atomic mass is 16.6. The number of hydrogen-bond donors (Lipinski definition) is 0. The zero-order chi connectivity index (χ0) is 12.0. The third-order valence-electron chi connectivity index (χ3n) is 1.99. The van der Waals surface area contributed by atoms with Gasteiger partial charge in [-0.3, -0.25) is 10.1 Å². The van der Waals surface area contributed by atoms with Crippen LogP contribution in [0.1, 0.15) is 25.8 Å². The Hall–Kier alpha value is -1.84. The highest BCUT2D eigenvalue weighted by Crippen LogP contribution is 2.16. The fourth-order valence-electron chi connectivity index (χ4n) is 1.21. The fourth-order valence-corrected chi connectivity index (χ4v) is 1.21. The highest BCUT2D eigenvalue weighted by molar-refractivity contribution is 5.52. The molecule has 0 N–H and O–H groups in total. The molecule has 1 aromatic carbocycles. The summed E-state index contributed by atoms with van der Waals surface area (Å²) in [5.41, 5.74) is 0.899. The molecule has 0 aliphatic carbocycles. The third-order valence-corrected chi connectivity index (χ3v) is 1.99. The first-order valence-electron chi connectivity index (χ1n) is 5.19. The molecule has 0 spiro atoms. The third kappa shape index (κ3) is 3.73. The molecular weight excluding hydrogens is 206 g/mol. The van der Waals surface area contributed by atoms with E-state index < -0.39 is 4.92 Å². The molecule has 0 aliphatic heterocycles. The molecule has 4 heteroatoms. The van der Waals surface area contributed by atoms with Crippen LogP contribution < -0.4 is 4.74 Å². The second kappa shape index (κ2) is 5.90. The number of hydrogen-bond acceptors (Lipinski definition) is 3. The maximum Gasteiger partial charge on any atom is 0.243 e. The standard InChI is InChI=1S/C12H15NO3/c1-3-7-16-12-6-4-5-11(9-12)8-10(2)13(14)15/h4-6,8-9H,3,7H2,1-2H3/b10-8+. The number of rotatable bonds is 5. The quantitative estimate of drug-likeness (QED) is 0.567. The average Bonchev–Trinajstić information content (AvgIpc) is 2.26. The van der Waals surface area contributed by atoms with Crippen molar-refractivity contribution >= 4 is 6.08 Å². The van der Waals surface area contributed by atoms with Crippen LogP contribution in [0.4, 0.5) is 0 Å². The van der Waals surface area contributed by atoms with Crippen LogP contribution in [-0.4, -0.2) is 11.5 Å². The Balaban J connectivity index is 2.82. The van der Waals surface area contributed by atoms with E-state index in [-0.39, 0.29) is 5.70 Å². The van der Waals surface area contributed by atoms with Crippen molar-refractivity contribution in [1.82, 2.24) is 0 Å². The molecule has 0 aliphatic rings. The van der Waals surface area contributed by atoms with Gasteiger partial charge in [0.25, 0.3) is 0 Å². The molecule has 86 valence electrons. The fraction of sp³-hybridized carbons (Fsp3) is 0.333. The van der Waals surface area contributed by atoms with Crippen LogP contribution in [0, 0.1) is 10.1 Å². The summed E-state index contributed by atoms with van der Waals surface area (Å²) >= 11 is 0. The summed E-state index contributed by atoms with van der Waals surface area (Å²) in [6.45, 7) is 4.15. The lowest BCUT2D eigenvalue weighted by molar-refractivity contribution is -0.422. The van der Waals surface area contributed by atoms with Crippen molar-refractivity contribution in [3.63, 3.8) is 0 Å². The van der Waals surface area contributed by atoms with Crippen LogP contribution >= 0.6 is 0 Å². The van der Waals surface area contributed by atoms with Crippen LogP contribution in [-0.2, 0) is 0 Å². The summed E-state index contributed by atoms with van der Waals surface area (Å²) < 4.78 is 5.44. The molecule has 4 nitrogen and oxygen atoms in total. The largest absolute Gasteiger partial charge is 0.494 e. The van der Waals surface area contributed by atoms with Crippen LogP contribution in [0.3, 0.4) is 0 Å². The summed E-state index contributed by atoms with van der Waals surface area (Å²) in [4.78, 5) is 10.1. The second-order valence-electron chi connectivity index (χ2n) is 3.46. The normalized spacial score (nSPS) is 11.2. The average molecular weight is 221 g/mol. The van der Waals surface area contributed by atoms with Gasteiger partial charge in [0.05, 0.1) is 11.5 Å². The summed E-state index contributed by atoms with van der Waals surface area (Å²) in [7, 11) is 0. The molecule has 0 bridgehead atoms. The smallest absolute Gasteiger partial charge is 0.243 e.